The summed E-state index contributed by atoms with van der Waals surface area (Å²) in [7, 11) is 1.58. The maximum Gasteiger partial charge on any atom is 0.319 e. The Kier molecular flexibility index (Phi) is 3.72. The number of hydrogen-bond donors (Lipinski definition) is 3. The van der Waals surface area contributed by atoms with Gasteiger partial charge in [-0.15, -0.1) is 0 Å². The smallest absolute Gasteiger partial charge is 0.319 e. The number of rotatable bonds is 4. The Morgan fingerprint density at radius 1 is 1.50 bits per heavy atom. The summed E-state index contributed by atoms with van der Waals surface area (Å²) < 4.78 is 5.08. The first-order chi connectivity index (χ1) is 8.67. The molecular weight excluding hydrogens is 232 g/mol. The minimum Gasteiger partial charge on any atom is -0.497 e. The molecule has 3 N–H and O–H groups in total. The number of methoxy groups -OCH3 is 1. The van der Waals surface area contributed by atoms with E-state index >= 15 is 0 Å². The molecule has 0 aliphatic heterocycles. The lowest BCUT2D eigenvalue weighted by Crippen LogP contribution is -2.57. The number of carbonyl (C=O) groups is 1. The first kappa shape index (κ1) is 12.7. The molecule has 5 nitrogen and oxygen atoms in total. The molecule has 1 aromatic carbocycles. The van der Waals surface area contributed by atoms with Crippen LogP contribution < -0.4 is 15.4 Å². The van der Waals surface area contributed by atoms with E-state index in [-0.39, 0.29) is 12.6 Å². The lowest BCUT2D eigenvalue weighted by atomic mass is 9.77. The Hall–Kier alpha value is -1.75. The summed E-state index contributed by atoms with van der Waals surface area (Å²) >= 11 is 0. The van der Waals surface area contributed by atoms with Gasteiger partial charge >= 0.3 is 6.03 Å². The van der Waals surface area contributed by atoms with E-state index in [1.807, 2.05) is 6.07 Å². The predicted molar refractivity (Wildman–Crippen MR) is 68.8 cm³/mol. The minimum absolute atomic E-state index is 0.0153. The summed E-state index contributed by atoms with van der Waals surface area (Å²) in [5.74, 6) is 0.688. The summed E-state index contributed by atoms with van der Waals surface area (Å²) in [5.41, 5.74) is 0.238. The Labute approximate surface area is 106 Å². The van der Waals surface area contributed by atoms with Gasteiger partial charge in [0.05, 0.1) is 19.3 Å². The van der Waals surface area contributed by atoms with Crippen LogP contribution in [0.4, 0.5) is 10.5 Å². The monoisotopic (exact) mass is 250 g/mol. The topological polar surface area (TPSA) is 70.6 Å². The molecule has 18 heavy (non-hydrogen) atoms. The second-order valence-corrected chi connectivity index (χ2v) is 4.60. The molecule has 1 aromatic rings. The maximum atomic E-state index is 11.8. The Balaban J connectivity index is 1.94. The van der Waals surface area contributed by atoms with E-state index in [0.29, 0.717) is 11.4 Å². The minimum atomic E-state index is -0.428. The predicted octanol–water partition coefficient (Wildman–Crippen LogP) is 1.73. The van der Waals surface area contributed by atoms with Gasteiger partial charge in [-0.3, -0.25) is 0 Å². The molecule has 2 rings (SSSR count). The average molecular weight is 250 g/mol. The van der Waals surface area contributed by atoms with Crippen LogP contribution in [0.2, 0.25) is 0 Å². The number of hydrogen-bond acceptors (Lipinski definition) is 3. The zero-order valence-corrected chi connectivity index (χ0v) is 10.4. The number of anilines is 1. The van der Waals surface area contributed by atoms with Crippen molar-refractivity contribution in [3.05, 3.63) is 24.3 Å². The van der Waals surface area contributed by atoms with Crippen molar-refractivity contribution in [3.8, 4) is 5.75 Å². The second-order valence-electron chi connectivity index (χ2n) is 4.60. The normalized spacial score (nSPS) is 16.6. The molecule has 0 spiro atoms. The van der Waals surface area contributed by atoms with Gasteiger partial charge in [0, 0.05) is 11.8 Å². The molecule has 5 heteroatoms. The summed E-state index contributed by atoms with van der Waals surface area (Å²) in [6.07, 6.45) is 2.70. The van der Waals surface area contributed by atoms with E-state index in [2.05, 4.69) is 10.6 Å². The second kappa shape index (κ2) is 5.27. The third-order valence-electron chi connectivity index (χ3n) is 3.32. The quantitative estimate of drug-likeness (QED) is 0.762. The van der Waals surface area contributed by atoms with Crippen molar-refractivity contribution < 1.29 is 14.6 Å². The van der Waals surface area contributed by atoms with Crippen LogP contribution in [0.5, 0.6) is 5.75 Å². The van der Waals surface area contributed by atoms with Crippen LogP contribution in [0, 0.1) is 0 Å². The third-order valence-corrected chi connectivity index (χ3v) is 3.32. The summed E-state index contributed by atoms with van der Waals surface area (Å²) in [5, 5.41) is 14.8. The fourth-order valence-corrected chi connectivity index (χ4v) is 2.03. The molecule has 0 aromatic heterocycles. The molecular formula is C13H18N2O3. The number of amides is 2. The number of urea groups is 1. The molecule has 0 heterocycles. The zero-order chi connectivity index (χ0) is 13.0. The lowest BCUT2D eigenvalue weighted by Gasteiger charge is -2.40. The SMILES string of the molecule is COc1cccc(NC(=O)NC2(CO)CCC2)c1. The van der Waals surface area contributed by atoms with Gasteiger partial charge in [0.15, 0.2) is 0 Å². The largest absolute Gasteiger partial charge is 0.497 e. The van der Waals surface area contributed by atoms with Crippen molar-refractivity contribution in [2.45, 2.75) is 24.8 Å². The molecule has 0 radical (unpaired) electrons. The van der Waals surface area contributed by atoms with Gasteiger partial charge in [-0.25, -0.2) is 4.79 Å². The first-order valence-electron chi connectivity index (χ1n) is 6.01. The highest BCUT2D eigenvalue weighted by molar-refractivity contribution is 5.90. The number of ether oxygens (including phenoxy) is 1. The third kappa shape index (κ3) is 2.73. The Morgan fingerprint density at radius 3 is 2.83 bits per heavy atom. The van der Waals surface area contributed by atoms with E-state index in [1.54, 1.807) is 25.3 Å². The van der Waals surface area contributed by atoms with Crippen molar-refractivity contribution in [3.63, 3.8) is 0 Å². The molecule has 1 aliphatic carbocycles. The van der Waals surface area contributed by atoms with Crippen molar-refractivity contribution in [2.75, 3.05) is 19.0 Å². The highest BCUT2D eigenvalue weighted by Gasteiger charge is 2.37. The molecule has 1 aliphatic rings. The molecule has 98 valence electrons. The lowest BCUT2D eigenvalue weighted by molar-refractivity contribution is 0.0984. The van der Waals surface area contributed by atoms with Crippen molar-refractivity contribution >= 4 is 11.7 Å². The van der Waals surface area contributed by atoms with Gasteiger partial charge in [0.2, 0.25) is 0 Å². The summed E-state index contributed by atoms with van der Waals surface area (Å²) in [6, 6.07) is 6.85. The molecule has 0 bridgehead atoms. The number of benzene rings is 1. The number of nitrogens with one attached hydrogen (secondary N) is 2. The van der Waals surface area contributed by atoms with Crippen molar-refractivity contribution in [1.82, 2.24) is 5.32 Å². The van der Waals surface area contributed by atoms with Gasteiger partial charge < -0.3 is 20.5 Å². The fraction of sp³-hybridized carbons (Fsp3) is 0.462. The summed E-state index contributed by atoms with van der Waals surface area (Å²) in [4.78, 5) is 11.8. The van der Waals surface area contributed by atoms with Crippen LogP contribution in [-0.4, -0.2) is 30.4 Å². The molecule has 1 fully saturated rings. The van der Waals surface area contributed by atoms with E-state index in [0.717, 1.165) is 19.3 Å². The Bertz CT molecular complexity index is 424. The molecule has 0 unspecified atom stereocenters. The highest BCUT2D eigenvalue weighted by atomic mass is 16.5. The van der Waals surface area contributed by atoms with Crippen LogP contribution in [0.25, 0.3) is 0 Å². The van der Waals surface area contributed by atoms with E-state index in [4.69, 9.17) is 4.74 Å². The number of aliphatic hydroxyl groups is 1. The van der Waals surface area contributed by atoms with Crippen LogP contribution in [0.3, 0.4) is 0 Å². The molecule has 0 atom stereocenters. The van der Waals surface area contributed by atoms with Crippen LogP contribution in [-0.2, 0) is 0 Å². The standard InChI is InChI=1S/C13H18N2O3/c1-18-11-5-2-4-10(8-11)14-12(17)15-13(9-16)6-3-7-13/h2,4-5,8,16H,3,6-7,9H2,1H3,(H2,14,15,17). The van der Waals surface area contributed by atoms with Gasteiger partial charge in [-0.05, 0) is 31.4 Å². The first-order valence-corrected chi connectivity index (χ1v) is 6.01. The molecule has 2 amide bonds. The number of carbonyl (C=O) groups excluding carboxylic acids is 1. The maximum absolute atomic E-state index is 11.8. The van der Waals surface area contributed by atoms with E-state index in [1.165, 1.54) is 0 Å². The van der Waals surface area contributed by atoms with Crippen LogP contribution in [0.1, 0.15) is 19.3 Å². The fourth-order valence-electron chi connectivity index (χ4n) is 2.03. The van der Waals surface area contributed by atoms with Crippen LogP contribution >= 0.6 is 0 Å². The summed E-state index contributed by atoms with van der Waals surface area (Å²) in [6.45, 7) is -0.0153. The highest BCUT2D eigenvalue weighted by Crippen LogP contribution is 2.31. The Morgan fingerprint density at radius 2 is 2.28 bits per heavy atom. The molecule has 0 saturated heterocycles. The zero-order valence-electron chi connectivity index (χ0n) is 10.4. The van der Waals surface area contributed by atoms with Gasteiger partial charge in [-0.2, -0.15) is 0 Å². The van der Waals surface area contributed by atoms with Gasteiger partial charge in [0.1, 0.15) is 5.75 Å². The van der Waals surface area contributed by atoms with Crippen molar-refractivity contribution in [2.24, 2.45) is 0 Å². The average Bonchev–Trinajstić information content (AvgIpc) is 2.34. The van der Waals surface area contributed by atoms with Gasteiger partial charge in [0.25, 0.3) is 0 Å². The van der Waals surface area contributed by atoms with Gasteiger partial charge in [-0.1, -0.05) is 6.07 Å². The van der Waals surface area contributed by atoms with Crippen molar-refractivity contribution in [1.29, 1.82) is 0 Å². The molecule has 1 saturated carbocycles. The van der Waals surface area contributed by atoms with Crippen LogP contribution in [0.15, 0.2) is 24.3 Å². The number of aliphatic hydroxyl groups excluding tert-OH is 1. The van der Waals surface area contributed by atoms with E-state index in [9.17, 15) is 9.90 Å². The van der Waals surface area contributed by atoms with E-state index < -0.39 is 5.54 Å².